The summed E-state index contributed by atoms with van der Waals surface area (Å²) in [5.41, 5.74) is 5.82. The lowest BCUT2D eigenvalue weighted by Crippen LogP contribution is -2.42. The van der Waals surface area contributed by atoms with E-state index in [1.165, 1.54) is 25.7 Å². The van der Waals surface area contributed by atoms with Crippen LogP contribution in [0.5, 0.6) is 0 Å². The Hall–Kier alpha value is -0.940. The summed E-state index contributed by atoms with van der Waals surface area (Å²) in [6.07, 6.45) is 7.89. The minimum absolute atomic E-state index is 0.599. The van der Waals surface area contributed by atoms with Gasteiger partial charge in [-0.1, -0.05) is 12.8 Å². The predicted molar refractivity (Wildman–Crippen MR) is 67.5 cm³/mol. The van der Waals surface area contributed by atoms with Crippen LogP contribution in [0.25, 0.3) is 0 Å². The van der Waals surface area contributed by atoms with Crippen LogP contribution in [0.4, 0.5) is 0 Å². The van der Waals surface area contributed by atoms with Crippen molar-refractivity contribution in [3.63, 3.8) is 0 Å². The molecule has 5 nitrogen and oxygen atoms in total. The third-order valence-electron chi connectivity index (χ3n) is 3.77. The Labute approximate surface area is 103 Å². The lowest BCUT2D eigenvalue weighted by Gasteiger charge is -2.31. The summed E-state index contributed by atoms with van der Waals surface area (Å²) >= 11 is 0. The third kappa shape index (κ3) is 3.26. The van der Waals surface area contributed by atoms with Crippen molar-refractivity contribution < 1.29 is 0 Å². The summed E-state index contributed by atoms with van der Waals surface area (Å²) in [5.74, 6) is 1.70. The SMILES string of the molecule is Cn1cnnc1CCNC1CCCCC1CN. The largest absolute Gasteiger partial charge is 0.330 e. The van der Waals surface area contributed by atoms with Crippen LogP contribution in [0.2, 0.25) is 0 Å². The van der Waals surface area contributed by atoms with Gasteiger partial charge in [-0.2, -0.15) is 0 Å². The molecular weight excluding hydrogens is 214 g/mol. The first-order valence-corrected chi connectivity index (χ1v) is 6.57. The molecule has 2 rings (SSSR count). The number of aromatic nitrogens is 3. The number of nitrogens with one attached hydrogen (secondary N) is 1. The molecule has 1 fully saturated rings. The standard InChI is InChI=1S/C12H23N5/c1-17-9-15-16-12(17)6-7-14-11-5-3-2-4-10(11)8-13/h9-11,14H,2-8,13H2,1H3. The number of hydrogen-bond donors (Lipinski definition) is 2. The van der Waals surface area contributed by atoms with E-state index in [0.29, 0.717) is 12.0 Å². The molecular formula is C12H23N5. The molecule has 1 aliphatic rings. The Morgan fingerprint density at radius 2 is 2.29 bits per heavy atom. The summed E-state index contributed by atoms with van der Waals surface area (Å²) in [5, 5.41) is 11.6. The van der Waals surface area contributed by atoms with Gasteiger partial charge in [-0.15, -0.1) is 10.2 Å². The van der Waals surface area contributed by atoms with Crippen molar-refractivity contribution in [2.24, 2.45) is 18.7 Å². The van der Waals surface area contributed by atoms with E-state index in [2.05, 4.69) is 15.5 Å². The van der Waals surface area contributed by atoms with Gasteiger partial charge in [0.25, 0.3) is 0 Å². The first kappa shape index (κ1) is 12.5. The van der Waals surface area contributed by atoms with Crippen LogP contribution in [0.1, 0.15) is 31.5 Å². The second-order valence-electron chi connectivity index (χ2n) is 4.95. The van der Waals surface area contributed by atoms with Gasteiger partial charge in [0, 0.05) is 26.1 Å². The van der Waals surface area contributed by atoms with E-state index in [1.807, 2.05) is 11.6 Å². The van der Waals surface area contributed by atoms with Crippen LogP contribution in [-0.4, -0.2) is 33.9 Å². The molecule has 1 saturated carbocycles. The predicted octanol–water partition coefficient (Wildman–Crippen LogP) is 0.465. The highest BCUT2D eigenvalue weighted by Crippen LogP contribution is 2.23. The highest BCUT2D eigenvalue weighted by atomic mass is 15.2. The van der Waals surface area contributed by atoms with Crippen molar-refractivity contribution in [2.75, 3.05) is 13.1 Å². The molecule has 1 aromatic rings. The van der Waals surface area contributed by atoms with Gasteiger partial charge in [0.1, 0.15) is 12.2 Å². The highest BCUT2D eigenvalue weighted by molar-refractivity contribution is 4.87. The lowest BCUT2D eigenvalue weighted by atomic mass is 9.84. The Morgan fingerprint density at radius 1 is 1.47 bits per heavy atom. The molecule has 2 unspecified atom stereocenters. The molecule has 3 N–H and O–H groups in total. The highest BCUT2D eigenvalue weighted by Gasteiger charge is 2.23. The summed E-state index contributed by atoms with van der Waals surface area (Å²) in [6, 6.07) is 0.599. The van der Waals surface area contributed by atoms with Gasteiger partial charge < -0.3 is 15.6 Å². The Morgan fingerprint density at radius 3 is 3.00 bits per heavy atom. The summed E-state index contributed by atoms with van der Waals surface area (Å²) in [6.45, 7) is 1.77. The number of rotatable bonds is 5. The lowest BCUT2D eigenvalue weighted by molar-refractivity contribution is 0.269. The van der Waals surface area contributed by atoms with E-state index in [-0.39, 0.29) is 0 Å². The van der Waals surface area contributed by atoms with E-state index in [4.69, 9.17) is 5.73 Å². The molecule has 0 spiro atoms. The maximum absolute atomic E-state index is 5.82. The van der Waals surface area contributed by atoms with Crippen LogP contribution in [0.3, 0.4) is 0 Å². The molecule has 1 aromatic heterocycles. The minimum Gasteiger partial charge on any atom is -0.330 e. The van der Waals surface area contributed by atoms with E-state index in [1.54, 1.807) is 6.33 Å². The number of aryl methyl sites for hydroxylation is 1. The molecule has 0 saturated heterocycles. The smallest absolute Gasteiger partial charge is 0.133 e. The monoisotopic (exact) mass is 237 g/mol. The van der Waals surface area contributed by atoms with Crippen LogP contribution in [0, 0.1) is 5.92 Å². The normalized spacial score (nSPS) is 25.1. The Kier molecular flexibility index (Phi) is 4.50. The van der Waals surface area contributed by atoms with Crippen molar-refractivity contribution in [2.45, 2.75) is 38.1 Å². The minimum atomic E-state index is 0.599. The molecule has 1 heterocycles. The molecule has 0 radical (unpaired) electrons. The van der Waals surface area contributed by atoms with Gasteiger partial charge in [-0.05, 0) is 25.3 Å². The zero-order valence-electron chi connectivity index (χ0n) is 10.6. The Bertz CT molecular complexity index is 335. The maximum atomic E-state index is 5.82. The topological polar surface area (TPSA) is 68.8 Å². The summed E-state index contributed by atoms with van der Waals surface area (Å²) in [4.78, 5) is 0. The molecule has 96 valence electrons. The molecule has 0 bridgehead atoms. The first-order valence-electron chi connectivity index (χ1n) is 6.57. The Balaban J connectivity index is 1.75. The molecule has 0 aromatic carbocycles. The van der Waals surface area contributed by atoms with Gasteiger partial charge in [0.2, 0.25) is 0 Å². The molecule has 17 heavy (non-hydrogen) atoms. The fraction of sp³-hybridized carbons (Fsp3) is 0.833. The van der Waals surface area contributed by atoms with E-state index in [9.17, 15) is 0 Å². The second-order valence-corrected chi connectivity index (χ2v) is 4.95. The van der Waals surface area contributed by atoms with Gasteiger partial charge >= 0.3 is 0 Å². The van der Waals surface area contributed by atoms with Gasteiger partial charge in [-0.3, -0.25) is 0 Å². The average Bonchev–Trinajstić information content (AvgIpc) is 2.76. The molecule has 0 amide bonds. The fourth-order valence-corrected chi connectivity index (χ4v) is 2.66. The first-order chi connectivity index (χ1) is 8.31. The molecule has 5 heteroatoms. The third-order valence-corrected chi connectivity index (χ3v) is 3.77. The average molecular weight is 237 g/mol. The van der Waals surface area contributed by atoms with Crippen LogP contribution >= 0.6 is 0 Å². The second kappa shape index (κ2) is 6.12. The fourth-order valence-electron chi connectivity index (χ4n) is 2.66. The van der Waals surface area contributed by atoms with Gasteiger partial charge in [0.05, 0.1) is 0 Å². The van der Waals surface area contributed by atoms with Crippen molar-refractivity contribution in [3.05, 3.63) is 12.2 Å². The van der Waals surface area contributed by atoms with Gasteiger partial charge in [-0.25, -0.2) is 0 Å². The van der Waals surface area contributed by atoms with Crippen LogP contribution < -0.4 is 11.1 Å². The number of hydrogen-bond acceptors (Lipinski definition) is 4. The summed E-state index contributed by atoms with van der Waals surface area (Å²) < 4.78 is 1.98. The van der Waals surface area contributed by atoms with E-state index < -0.39 is 0 Å². The molecule has 2 atom stereocenters. The van der Waals surface area contributed by atoms with Gasteiger partial charge in [0.15, 0.2) is 0 Å². The molecule has 1 aliphatic carbocycles. The van der Waals surface area contributed by atoms with Crippen molar-refractivity contribution >= 4 is 0 Å². The van der Waals surface area contributed by atoms with Crippen LogP contribution in [-0.2, 0) is 13.5 Å². The molecule has 0 aliphatic heterocycles. The van der Waals surface area contributed by atoms with Crippen molar-refractivity contribution in [1.29, 1.82) is 0 Å². The van der Waals surface area contributed by atoms with E-state index in [0.717, 1.165) is 25.3 Å². The number of nitrogens with two attached hydrogens (primary N) is 1. The number of nitrogens with zero attached hydrogens (tertiary/aromatic N) is 3. The van der Waals surface area contributed by atoms with E-state index >= 15 is 0 Å². The zero-order valence-corrected chi connectivity index (χ0v) is 10.6. The van der Waals surface area contributed by atoms with Crippen molar-refractivity contribution in [1.82, 2.24) is 20.1 Å². The maximum Gasteiger partial charge on any atom is 0.133 e. The quantitative estimate of drug-likeness (QED) is 0.781. The van der Waals surface area contributed by atoms with Crippen molar-refractivity contribution in [3.8, 4) is 0 Å². The zero-order chi connectivity index (χ0) is 12.1. The van der Waals surface area contributed by atoms with Crippen LogP contribution in [0.15, 0.2) is 6.33 Å². The summed E-state index contributed by atoms with van der Waals surface area (Å²) in [7, 11) is 1.98.